The van der Waals surface area contributed by atoms with Crippen LogP contribution in [0.5, 0.6) is 5.75 Å². The number of methoxy groups -OCH3 is 1. The van der Waals surface area contributed by atoms with Gasteiger partial charge in [0.05, 0.1) is 12.8 Å². The molecule has 0 radical (unpaired) electrons. The van der Waals surface area contributed by atoms with Gasteiger partial charge in [-0.2, -0.15) is 4.98 Å². The summed E-state index contributed by atoms with van der Waals surface area (Å²) in [5, 5.41) is 7.07. The molecule has 0 aliphatic heterocycles. The van der Waals surface area contributed by atoms with Crippen LogP contribution >= 0.6 is 11.6 Å². The van der Waals surface area contributed by atoms with Crippen LogP contribution < -0.4 is 15.4 Å². The summed E-state index contributed by atoms with van der Waals surface area (Å²) in [5.74, 6) is 1.88. The third kappa shape index (κ3) is 4.39. The van der Waals surface area contributed by atoms with Gasteiger partial charge in [0.15, 0.2) is 0 Å². The van der Waals surface area contributed by atoms with Crippen LogP contribution in [0.3, 0.4) is 0 Å². The van der Waals surface area contributed by atoms with Gasteiger partial charge in [0, 0.05) is 17.8 Å². The van der Waals surface area contributed by atoms with Gasteiger partial charge in [-0.15, -0.1) is 0 Å². The summed E-state index contributed by atoms with van der Waals surface area (Å²) in [5.41, 5.74) is 3.18. The number of rotatable bonds is 6. The van der Waals surface area contributed by atoms with Gasteiger partial charge in [-0.05, 0) is 42.3 Å². The first-order valence-electron chi connectivity index (χ1n) is 7.87. The topological polar surface area (TPSA) is 59.1 Å². The number of aryl methyl sites for hydroxylation is 1. The van der Waals surface area contributed by atoms with Gasteiger partial charge in [-0.25, -0.2) is 4.98 Å². The van der Waals surface area contributed by atoms with Gasteiger partial charge < -0.3 is 15.4 Å². The lowest BCUT2D eigenvalue weighted by molar-refractivity contribution is 0.417. The first-order valence-corrected chi connectivity index (χ1v) is 8.25. The number of hydrogen-bond donors (Lipinski definition) is 2. The van der Waals surface area contributed by atoms with Gasteiger partial charge in [0.25, 0.3) is 0 Å². The number of benzene rings is 2. The summed E-state index contributed by atoms with van der Waals surface area (Å²) in [7, 11) is 1.61. The maximum absolute atomic E-state index is 6.05. The Labute approximate surface area is 152 Å². The zero-order valence-corrected chi connectivity index (χ0v) is 14.8. The Kier molecular flexibility index (Phi) is 5.36. The van der Waals surface area contributed by atoms with E-state index in [1.165, 1.54) is 11.1 Å². The SMILES string of the molecule is COc1ccc(Cl)cc1Nc1nccc(NCc2ccccc2C)n1. The average molecular weight is 355 g/mol. The minimum absolute atomic E-state index is 0.468. The Morgan fingerprint density at radius 1 is 1.12 bits per heavy atom. The van der Waals surface area contributed by atoms with Crippen LogP contribution in [0.4, 0.5) is 17.5 Å². The lowest BCUT2D eigenvalue weighted by atomic mass is 10.1. The van der Waals surface area contributed by atoms with Crippen molar-refractivity contribution in [3.63, 3.8) is 0 Å². The molecule has 0 unspecified atom stereocenters. The Morgan fingerprint density at radius 2 is 1.96 bits per heavy atom. The lowest BCUT2D eigenvalue weighted by Crippen LogP contribution is -2.05. The van der Waals surface area contributed by atoms with E-state index < -0.39 is 0 Å². The molecule has 5 nitrogen and oxygen atoms in total. The molecular formula is C19H19ClN4O. The van der Waals surface area contributed by atoms with Crippen molar-refractivity contribution in [2.75, 3.05) is 17.7 Å². The van der Waals surface area contributed by atoms with Crippen molar-refractivity contribution in [2.45, 2.75) is 13.5 Å². The van der Waals surface area contributed by atoms with Crippen LogP contribution in [0.1, 0.15) is 11.1 Å². The second-order valence-corrected chi connectivity index (χ2v) is 5.95. The molecule has 0 amide bonds. The number of ether oxygens (including phenoxy) is 1. The van der Waals surface area contributed by atoms with Crippen LogP contribution in [0.2, 0.25) is 5.02 Å². The van der Waals surface area contributed by atoms with Gasteiger partial charge in [0.1, 0.15) is 11.6 Å². The van der Waals surface area contributed by atoms with Gasteiger partial charge in [-0.1, -0.05) is 35.9 Å². The number of aromatic nitrogens is 2. The van der Waals surface area contributed by atoms with Crippen LogP contribution in [-0.4, -0.2) is 17.1 Å². The molecule has 1 aromatic heterocycles. The maximum atomic E-state index is 6.05. The quantitative estimate of drug-likeness (QED) is 0.665. The predicted octanol–water partition coefficient (Wildman–Crippen LogP) is 4.80. The fourth-order valence-electron chi connectivity index (χ4n) is 2.41. The minimum atomic E-state index is 0.468. The molecular weight excluding hydrogens is 336 g/mol. The monoisotopic (exact) mass is 354 g/mol. The minimum Gasteiger partial charge on any atom is -0.495 e. The summed E-state index contributed by atoms with van der Waals surface area (Å²) in [6, 6.07) is 15.4. The molecule has 0 atom stereocenters. The molecule has 0 bridgehead atoms. The number of hydrogen-bond acceptors (Lipinski definition) is 5. The predicted molar refractivity (Wildman–Crippen MR) is 102 cm³/mol. The molecule has 3 rings (SSSR count). The summed E-state index contributed by atoms with van der Waals surface area (Å²) in [6.07, 6.45) is 1.70. The summed E-state index contributed by atoms with van der Waals surface area (Å²) in [4.78, 5) is 8.74. The number of anilines is 3. The van der Waals surface area contributed by atoms with Crippen LogP contribution in [-0.2, 0) is 6.54 Å². The van der Waals surface area contributed by atoms with Crippen molar-refractivity contribution >= 4 is 29.1 Å². The lowest BCUT2D eigenvalue weighted by Gasteiger charge is -2.12. The van der Waals surface area contributed by atoms with Gasteiger partial charge >= 0.3 is 0 Å². The van der Waals surface area contributed by atoms with Crippen molar-refractivity contribution in [2.24, 2.45) is 0 Å². The molecule has 0 saturated carbocycles. The molecule has 0 fully saturated rings. The highest BCUT2D eigenvalue weighted by molar-refractivity contribution is 6.31. The van der Waals surface area contributed by atoms with Crippen LogP contribution in [0, 0.1) is 6.92 Å². The van der Waals surface area contributed by atoms with Crippen molar-refractivity contribution in [1.29, 1.82) is 0 Å². The molecule has 0 aliphatic rings. The molecule has 0 aliphatic carbocycles. The standard InChI is InChI=1S/C19H19ClN4O/c1-13-5-3-4-6-14(13)12-22-18-9-10-21-19(24-18)23-16-11-15(20)7-8-17(16)25-2/h3-11H,12H2,1-2H3,(H2,21,22,23,24). The van der Waals surface area contributed by atoms with E-state index in [2.05, 4.69) is 39.7 Å². The summed E-state index contributed by atoms with van der Waals surface area (Å²) >= 11 is 6.05. The highest BCUT2D eigenvalue weighted by Gasteiger charge is 2.07. The molecule has 2 N–H and O–H groups in total. The van der Waals surface area contributed by atoms with E-state index in [1.807, 2.05) is 18.2 Å². The molecule has 0 spiro atoms. The Morgan fingerprint density at radius 3 is 2.76 bits per heavy atom. The van der Waals surface area contributed by atoms with Crippen molar-refractivity contribution < 1.29 is 4.74 Å². The molecule has 25 heavy (non-hydrogen) atoms. The second kappa shape index (κ2) is 7.85. The van der Waals surface area contributed by atoms with Crippen LogP contribution in [0.15, 0.2) is 54.7 Å². The van der Waals surface area contributed by atoms with E-state index in [9.17, 15) is 0 Å². The van der Waals surface area contributed by atoms with E-state index in [0.29, 0.717) is 29.0 Å². The van der Waals surface area contributed by atoms with Crippen LogP contribution in [0.25, 0.3) is 0 Å². The third-order valence-electron chi connectivity index (χ3n) is 3.78. The first-order chi connectivity index (χ1) is 12.2. The van der Waals surface area contributed by atoms with E-state index in [-0.39, 0.29) is 0 Å². The molecule has 6 heteroatoms. The Bertz CT molecular complexity index is 870. The van der Waals surface area contributed by atoms with E-state index in [1.54, 1.807) is 31.5 Å². The smallest absolute Gasteiger partial charge is 0.229 e. The second-order valence-electron chi connectivity index (χ2n) is 5.52. The molecule has 0 saturated heterocycles. The highest BCUT2D eigenvalue weighted by Crippen LogP contribution is 2.29. The normalized spacial score (nSPS) is 10.4. The van der Waals surface area contributed by atoms with Crippen molar-refractivity contribution in [3.05, 3.63) is 70.9 Å². The van der Waals surface area contributed by atoms with Gasteiger partial charge in [0.2, 0.25) is 5.95 Å². The first kappa shape index (κ1) is 17.0. The van der Waals surface area contributed by atoms with E-state index in [0.717, 1.165) is 5.82 Å². The van der Waals surface area contributed by atoms with E-state index in [4.69, 9.17) is 16.3 Å². The Balaban J connectivity index is 1.74. The van der Waals surface area contributed by atoms with Gasteiger partial charge in [-0.3, -0.25) is 0 Å². The third-order valence-corrected chi connectivity index (χ3v) is 4.02. The fraction of sp³-hybridized carbons (Fsp3) is 0.158. The number of halogens is 1. The molecule has 1 heterocycles. The Hall–Kier alpha value is -2.79. The van der Waals surface area contributed by atoms with Crippen molar-refractivity contribution in [3.8, 4) is 5.75 Å². The fourth-order valence-corrected chi connectivity index (χ4v) is 2.58. The average Bonchev–Trinajstić information content (AvgIpc) is 2.62. The highest BCUT2D eigenvalue weighted by atomic mass is 35.5. The summed E-state index contributed by atoms with van der Waals surface area (Å²) < 4.78 is 5.33. The zero-order valence-electron chi connectivity index (χ0n) is 14.1. The zero-order chi connectivity index (χ0) is 17.6. The largest absolute Gasteiger partial charge is 0.495 e. The summed E-state index contributed by atoms with van der Waals surface area (Å²) in [6.45, 7) is 2.79. The maximum Gasteiger partial charge on any atom is 0.229 e. The number of nitrogens with one attached hydrogen (secondary N) is 2. The molecule has 128 valence electrons. The molecule has 2 aromatic carbocycles. The van der Waals surface area contributed by atoms with E-state index >= 15 is 0 Å². The number of nitrogens with zero attached hydrogens (tertiary/aromatic N) is 2. The van der Waals surface area contributed by atoms with Crippen molar-refractivity contribution in [1.82, 2.24) is 9.97 Å². The molecule has 3 aromatic rings.